The summed E-state index contributed by atoms with van der Waals surface area (Å²) in [5.41, 5.74) is 19.0. The molecule has 1 unspecified atom stereocenters. The Balaban J connectivity index is 1.33. The van der Waals surface area contributed by atoms with E-state index < -0.39 is 5.54 Å². The molecule has 5 aromatic rings. The van der Waals surface area contributed by atoms with Crippen molar-refractivity contribution in [2.45, 2.75) is 24.9 Å². The molecule has 2 aliphatic heterocycles. The van der Waals surface area contributed by atoms with Crippen LogP contribution in [0.4, 0.5) is 11.5 Å². The standard InChI is InChI=1S/C29H28ClN11/c1-39-22-7-6-18(10-19(22)12-37-39)21-11-20(14-41-17-36-26-27(32)34-16-35-28(26)41)23(13-33-21)40-9-3-8-29(15-40)24(31)4-2-5-25(30)38-29/h2,4-7,10-13,16-17H,3,8-9,14-15,31H2,1H3,(H2,32,34,35). The van der Waals surface area contributed by atoms with E-state index in [2.05, 4.69) is 49.2 Å². The SMILES string of the molecule is Cn1ncc2cc(-c3cc(Cn4cnc5c(N)ncnc54)c(N4CCCC5(C4)N=C(Cl)C=CC=C5N)cn3)ccc21. The number of hydrogen-bond donors (Lipinski definition) is 2. The summed E-state index contributed by atoms with van der Waals surface area (Å²) in [7, 11) is 1.94. The zero-order chi connectivity index (χ0) is 28.1. The second-order valence-electron chi connectivity index (χ2n) is 10.5. The molecule has 1 aromatic carbocycles. The van der Waals surface area contributed by atoms with E-state index in [-0.39, 0.29) is 0 Å². The van der Waals surface area contributed by atoms with Crippen molar-refractivity contribution < 1.29 is 0 Å². The highest BCUT2D eigenvalue weighted by molar-refractivity contribution is 6.68. The third kappa shape index (κ3) is 4.38. The van der Waals surface area contributed by atoms with Gasteiger partial charge in [0.2, 0.25) is 0 Å². The Hall–Kier alpha value is -4.77. The number of hydrogen-bond acceptors (Lipinski definition) is 9. The number of aromatic nitrogens is 7. The van der Waals surface area contributed by atoms with E-state index in [1.807, 2.05) is 40.8 Å². The van der Waals surface area contributed by atoms with Crippen molar-refractivity contribution >= 4 is 50.3 Å². The number of piperidine rings is 1. The lowest BCUT2D eigenvalue weighted by molar-refractivity contribution is 0.396. The Morgan fingerprint density at radius 2 is 1.98 bits per heavy atom. The number of nitrogens with two attached hydrogens (primary N) is 2. The van der Waals surface area contributed by atoms with Crippen LogP contribution >= 0.6 is 11.6 Å². The number of allylic oxidation sites excluding steroid dienone is 3. The number of halogens is 1. The van der Waals surface area contributed by atoms with Crippen LogP contribution in [-0.4, -0.2) is 58.1 Å². The molecule has 1 fully saturated rings. The first-order valence-electron chi connectivity index (χ1n) is 13.4. The minimum Gasteiger partial charge on any atom is -0.400 e. The number of nitrogen functional groups attached to an aromatic ring is 1. The second-order valence-corrected chi connectivity index (χ2v) is 10.9. The Morgan fingerprint density at radius 1 is 1.07 bits per heavy atom. The number of rotatable bonds is 4. The Morgan fingerprint density at radius 3 is 2.88 bits per heavy atom. The van der Waals surface area contributed by atoms with Gasteiger partial charge in [-0.1, -0.05) is 23.7 Å². The monoisotopic (exact) mass is 565 g/mol. The van der Waals surface area contributed by atoms with Gasteiger partial charge in [0, 0.05) is 36.8 Å². The first-order valence-corrected chi connectivity index (χ1v) is 13.7. The summed E-state index contributed by atoms with van der Waals surface area (Å²) in [6, 6.07) is 8.40. The normalized spacial score (nSPS) is 19.1. The highest BCUT2D eigenvalue weighted by atomic mass is 35.5. The van der Waals surface area contributed by atoms with E-state index in [0.717, 1.165) is 52.8 Å². The van der Waals surface area contributed by atoms with Crippen LogP contribution in [0.25, 0.3) is 33.3 Å². The smallest absolute Gasteiger partial charge is 0.165 e. The van der Waals surface area contributed by atoms with Crippen molar-refractivity contribution in [3.8, 4) is 11.3 Å². The van der Waals surface area contributed by atoms with E-state index in [1.165, 1.54) is 6.33 Å². The Kier molecular flexibility index (Phi) is 5.97. The van der Waals surface area contributed by atoms with Gasteiger partial charge in [0.1, 0.15) is 22.6 Å². The van der Waals surface area contributed by atoms with Crippen LogP contribution < -0.4 is 16.4 Å². The third-order valence-corrected chi connectivity index (χ3v) is 8.17. The first kappa shape index (κ1) is 25.2. The third-order valence-electron chi connectivity index (χ3n) is 7.96. The van der Waals surface area contributed by atoms with Gasteiger partial charge in [0.05, 0.1) is 42.2 Å². The molecule has 4 aromatic heterocycles. The first-order chi connectivity index (χ1) is 19.9. The average molecular weight is 566 g/mol. The van der Waals surface area contributed by atoms with Crippen LogP contribution in [0.15, 0.2) is 78.2 Å². The van der Waals surface area contributed by atoms with Crippen molar-refractivity contribution in [2.24, 2.45) is 17.8 Å². The molecule has 0 saturated carbocycles. The summed E-state index contributed by atoms with van der Waals surface area (Å²) in [5.74, 6) is 0.353. The molecule has 0 amide bonds. The number of pyridine rings is 1. The Labute approximate surface area is 240 Å². The van der Waals surface area contributed by atoms with Crippen LogP contribution in [-0.2, 0) is 13.6 Å². The summed E-state index contributed by atoms with van der Waals surface area (Å²) in [4.78, 5) is 25.1. The topological polar surface area (TPSA) is 142 Å². The number of nitrogens with zero attached hydrogens (tertiary/aromatic N) is 9. The van der Waals surface area contributed by atoms with Crippen LogP contribution in [0.1, 0.15) is 18.4 Å². The number of aliphatic imine (C=N–C) groups is 1. The molecule has 1 atom stereocenters. The molecule has 206 valence electrons. The lowest BCUT2D eigenvalue weighted by Crippen LogP contribution is -2.50. The van der Waals surface area contributed by atoms with Crippen LogP contribution in [0.5, 0.6) is 0 Å². The van der Waals surface area contributed by atoms with E-state index in [1.54, 1.807) is 12.4 Å². The fourth-order valence-electron chi connectivity index (χ4n) is 5.84. The summed E-state index contributed by atoms with van der Waals surface area (Å²) >= 11 is 6.43. The highest BCUT2D eigenvalue weighted by Crippen LogP contribution is 2.37. The molecular formula is C29H28ClN11. The largest absolute Gasteiger partial charge is 0.400 e. The molecule has 7 rings (SSSR count). The van der Waals surface area contributed by atoms with Gasteiger partial charge >= 0.3 is 0 Å². The lowest BCUT2D eigenvalue weighted by atomic mass is 9.86. The maximum absolute atomic E-state index is 6.57. The molecule has 1 spiro atoms. The van der Waals surface area contributed by atoms with Gasteiger partial charge in [0.15, 0.2) is 11.5 Å². The maximum atomic E-state index is 6.57. The maximum Gasteiger partial charge on any atom is 0.165 e. The van der Waals surface area contributed by atoms with Gasteiger partial charge in [-0.05, 0) is 48.8 Å². The number of imidazole rings is 1. The number of fused-ring (bicyclic) bond motifs is 2. The van der Waals surface area contributed by atoms with Gasteiger partial charge in [0.25, 0.3) is 0 Å². The van der Waals surface area contributed by atoms with Gasteiger partial charge in [-0.3, -0.25) is 14.7 Å². The molecule has 11 nitrogen and oxygen atoms in total. The average Bonchev–Trinajstić information content (AvgIpc) is 3.53. The predicted molar refractivity (Wildman–Crippen MR) is 162 cm³/mol. The molecule has 0 aliphatic carbocycles. The zero-order valence-corrected chi connectivity index (χ0v) is 23.2. The van der Waals surface area contributed by atoms with Crippen molar-refractivity contribution in [1.82, 2.24) is 34.3 Å². The summed E-state index contributed by atoms with van der Waals surface area (Å²) in [5, 5.41) is 5.89. The molecule has 2 aliphatic rings. The van der Waals surface area contributed by atoms with Crippen molar-refractivity contribution in [1.29, 1.82) is 0 Å². The quantitative estimate of drug-likeness (QED) is 0.335. The van der Waals surface area contributed by atoms with E-state index in [4.69, 9.17) is 33.0 Å². The summed E-state index contributed by atoms with van der Waals surface area (Å²) in [6.45, 7) is 1.93. The molecule has 0 bridgehead atoms. The Bertz CT molecular complexity index is 1900. The molecular weight excluding hydrogens is 538 g/mol. The van der Waals surface area contributed by atoms with E-state index in [9.17, 15) is 0 Å². The van der Waals surface area contributed by atoms with E-state index >= 15 is 0 Å². The number of aryl methyl sites for hydroxylation is 1. The molecule has 41 heavy (non-hydrogen) atoms. The molecule has 6 heterocycles. The molecule has 0 radical (unpaired) electrons. The minimum atomic E-state index is -0.608. The van der Waals surface area contributed by atoms with Crippen LogP contribution in [0.2, 0.25) is 0 Å². The van der Waals surface area contributed by atoms with Crippen LogP contribution in [0, 0.1) is 0 Å². The lowest BCUT2D eigenvalue weighted by Gasteiger charge is -2.42. The summed E-state index contributed by atoms with van der Waals surface area (Å²) < 4.78 is 3.85. The van der Waals surface area contributed by atoms with Crippen molar-refractivity contribution in [3.05, 3.63) is 78.8 Å². The van der Waals surface area contributed by atoms with E-state index in [0.29, 0.717) is 40.9 Å². The molecule has 12 heteroatoms. The van der Waals surface area contributed by atoms with Crippen molar-refractivity contribution in [2.75, 3.05) is 23.7 Å². The predicted octanol–water partition coefficient (Wildman–Crippen LogP) is 3.79. The highest BCUT2D eigenvalue weighted by Gasteiger charge is 2.39. The fourth-order valence-corrected chi connectivity index (χ4v) is 6.08. The van der Waals surface area contributed by atoms with Gasteiger partial charge in [-0.15, -0.1) is 0 Å². The fraction of sp³-hybridized carbons (Fsp3) is 0.241. The number of benzene rings is 1. The molecule has 1 saturated heterocycles. The van der Waals surface area contributed by atoms with Gasteiger partial charge in [-0.25, -0.2) is 15.0 Å². The zero-order valence-electron chi connectivity index (χ0n) is 22.4. The summed E-state index contributed by atoms with van der Waals surface area (Å²) in [6.07, 6.45) is 14.3. The molecule has 4 N–H and O–H groups in total. The van der Waals surface area contributed by atoms with Crippen molar-refractivity contribution in [3.63, 3.8) is 0 Å². The van der Waals surface area contributed by atoms with Crippen LogP contribution in [0.3, 0.4) is 0 Å². The van der Waals surface area contributed by atoms with Gasteiger partial charge < -0.3 is 20.9 Å². The minimum absolute atomic E-state index is 0.353. The van der Waals surface area contributed by atoms with Gasteiger partial charge in [-0.2, -0.15) is 5.10 Å². The second kappa shape index (κ2) is 9.70. The number of anilines is 2.